The van der Waals surface area contributed by atoms with E-state index in [0.29, 0.717) is 32.6 Å². The minimum absolute atomic E-state index is 0.169. The number of hydrogen-bond donors (Lipinski definition) is 1. The van der Waals surface area contributed by atoms with Gasteiger partial charge in [0.15, 0.2) is 17.1 Å². The van der Waals surface area contributed by atoms with Crippen molar-refractivity contribution in [3.63, 3.8) is 0 Å². The summed E-state index contributed by atoms with van der Waals surface area (Å²) >= 11 is 13.2. The molecule has 0 aliphatic carbocycles. The van der Waals surface area contributed by atoms with Gasteiger partial charge in [0.2, 0.25) is 5.91 Å². The van der Waals surface area contributed by atoms with Crippen LogP contribution in [0.25, 0.3) is 0 Å². The van der Waals surface area contributed by atoms with Gasteiger partial charge in [0.25, 0.3) is 0 Å². The standard InChI is InChI=1S/C22H24Cl2N4O2S/c1-13(2)15-5-7-19(8-6-15)30-14(3)21-26-27-22(28(21)4)31-12-20(29)25-18-10-16(23)9-17(24)11-18/h5-11,13-14H,12H2,1-4H3,(H,25,29). The van der Waals surface area contributed by atoms with E-state index in [1.165, 1.54) is 17.3 Å². The van der Waals surface area contributed by atoms with Crippen LogP contribution in [0.15, 0.2) is 47.6 Å². The Bertz CT molecular complexity index is 1030. The molecule has 1 amide bonds. The fourth-order valence-corrected chi connectivity index (χ4v) is 4.19. The quantitative estimate of drug-likeness (QED) is 0.395. The zero-order valence-corrected chi connectivity index (χ0v) is 20.1. The first-order valence-electron chi connectivity index (χ1n) is 9.77. The van der Waals surface area contributed by atoms with Crippen LogP contribution in [0.4, 0.5) is 5.69 Å². The van der Waals surface area contributed by atoms with Crippen LogP contribution in [0.3, 0.4) is 0 Å². The molecule has 1 atom stereocenters. The number of halogens is 2. The van der Waals surface area contributed by atoms with Crippen LogP contribution in [-0.4, -0.2) is 26.4 Å². The summed E-state index contributed by atoms with van der Waals surface area (Å²) in [5.41, 5.74) is 1.81. The Labute approximate surface area is 196 Å². The molecule has 1 aromatic heterocycles. The average molecular weight is 479 g/mol. The van der Waals surface area contributed by atoms with Gasteiger partial charge >= 0.3 is 0 Å². The molecule has 1 heterocycles. The van der Waals surface area contributed by atoms with Gasteiger partial charge in [-0.1, -0.05) is 60.9 Å². The Kier molecular flexibility index (Phi) is 7.86. The van der Waals surface area contributed by atoms with Crippen molar-refractivity contribution in [2.24, 2.45) is 7.05 Å². The van der Waals surface area contributed by atoms with Crippen molar-refractivity contribution in [3.8, 4) is 5.75 Å². The first kappa shape index (κ1) is 23.4. The van der Waals surface area contributed by atoms with Gasteiger partial charge in [-0.3, -0.25) is 4.79 Å². The van der Waals surface area contributed by atoms with Crippen molar-refractivity contribution < 1.29 is 9.53 Å². The van der Waals surface area contributed by atoms with Gasteiger partial charge in [-0.15, -0.1) is 10.2 Å². The summed E-state index contributed by atoms with van der Waals surface area (Å²) in [7, 11) is 1.86. The number of benzene rings is 2. The SMILES string of the molecule is CC(C)c1ccc(OC(C)c2nnc(SCC(=O)Nc3cc(Cl)cc(Cl)c3)n2C)cc1. The molecule has 0 fully saturated rings. The van der Waals surface area contributed by atoms with Gasteiger partial charge in [-0.2, -0.15) is 0 Å². The van der Waals surface area contributed by atoms with E-state index in [1.807, 2.05) is 30.7 Å². The number of rotatable bonds is 8. The van der Waals surface area contributed by atoms with Gasteiger partial charge in [-0.05, 0) is 48.7 Å². The summed E-state index contributed by atoms with van der Waals surface area (Å²) in [6, 6.07) is 12.9. The highest BCUT2D eigenvalue weighted by Gasteiger charge is 2.18. The average Bonchev–Trinajstić information content (AvgIpc) is 3.06. The zero-order valence-electron chi connectivity index (χ0n) is 17.7. The number of amides is 1. The molecule has 9 heteroatoms. The maximum atomic E-state index is 12.3. The van der Waals surface area contributed by atoms with Crippen molar-refractivity contribution in [2.75, 3.05) is 11.1 Å². The van der Waals surface area contributed by atoms with Gasteiger partial charge in [0.1, 0.15) is 5.75 Å². The number of anilines is 1. The largest absolute Gasteiger partial charge is 0.483 e. The number of nitrogens with one attached hydrogen (secondary N) is 1. The molecule has 0 radical (unpaired) electrons. The number of aromatic nitrogens is 3. The topological polar surface area (TPSA) is 69.0 Å². The molecular weight excluding hydrogens is 455 g/mol. The van der Waals surface area contributed by atoms with Gasteiger partial charge in [-0.25, -0.2) is 0 Å². The number of thioether (sulfide) groups is 1. The lowest BCUT2D eigenvalue weighted by Crippen LogP contribution is -2.15. The molecule has 2 aromatic carbocycles. The highest BCUT2D eigenvalue weighted by Crippen LogP contribution is 2.26. The number of hydrogen-bond acceptors (Lipinski definition) is 5. The fourth-order valence-electron chi connectivity index (χ4n) is 2.95. The molecule has 0 aliphatic rings. The third kappa shape index (κ3) is 6.38. The fraction of sp³-hybridized carbons (Fsp3) is 0.318. The number of carbonyl (C=O) groups is 1. The smallest absolute Gasteiger partial charge is 0.234 e. The number of nitrogens with zero attached hydrogens (tertiary/aromatic N) is 3. The predicted octanol–water partition coefficient (Wildman–Crippen LogP) is 6.12. The molecule has 6 nitrogen and oxygen atoms in total. The lowest BCUT2D eigenvalue weighted by molar-refractivity contribution is -0.113. The third-order valence-electron chi connectivity index (χ3n) is 4.57. The first-order chi connectivity index (χ1) is 14.7. The van der Waals surface area contributed by atoms with E-state index in [1.54, 1.807) is 18.2 Å². The van der Waals surface area contributed by atoms with Crippen LogP contribution < -0.4 is 10.1 Å². The second-order valence-electron chi connectivity index (χ2n) is 7.38. The van der Waals surface area contributed by atoms with Crippen molar-refractivity contribution in [1.29, 1.82) is 0 Å². The molecule has 3 rings (SSSR count). The number of ether oxygens (including phenoxy) is 1. The van der Waals surface area contributed by atoms with Crippen LogP contribution in [0.1, 0.15) is 44.2 Å². The molecule has 0 saturated heterocycles. The minimum atomic E-state index is -0.292. The summed E-state index contributed by atoms with van der Waals surface area (Å²) in [5.74, 6) is 1.90. The lowest BCUT2D eigenvalue weighted by Gasteiger charge is -2.15. The Hall–Kier alpha value is -2.22. The van der Waals surface area contributed by atoms with Crippen molar-refractivity contribution in [2.45, 2.75) is 37.9 Å². The van der Waals surface area contributed by atoms with E-state index in [4.69, 9.17) is 27.9 Å². The van der Waals surface area contributed by atoms with Crippen LogP contribution in [0, 0.1) is 0 Å². The van der Waals surface area contributed by atoms with Crippen LogP contribution in [0.2, 0.25) is 10.0 Å². The van der Waals surface area contributed by atoms with E-state index in [2.05, 4.69) is 41.5 Å². The lowest BCUT2D eigenvalue weighted by atomic mass is 10.0. The maximum absolute atomic E-state index is 12.3. The Balaban J connectivity index is 1.58. The molecule has 1 unspecified atom stereocenters. The van der Waals surface area contributed by atoms with Gasteiger partial charge in [0, 0.05) is 22.8 Å². The molecule has 0 spiro atoms. The molecule has 0 bridgehead atoms. The number of carbonyl (C=O) groups excluding carboxylic acids is 1. The van der Waals surface area contributed by atoms with E-state index < -0.39 is 0 Å². The van der Waals surface area contributed by atoms with Crippen molar-refractivity contribution in [1.82, 2.24) is 14.8 Å². The summed E-state index contributed by atoms with van der Waals surface area (Å²) in [6.45, 7) is 6.23. The maximum Gasteiger partial charge on any atom is 0.234 e. The van der Waals surface area contributed by atoms with E-state index in [9.17, 15) is 4.79 Å². The Morgan fingerprint density at radius 3 is 2.35 bits per heavy atom. The normalized spacial score (nSPS) is 12.1. The van der Waals surface area contributed by atoms with E-state index >= 15 is 0 Å². The highest BCUT2D eigenvalue weighted by molar-refractivity contribution is 7.99. The summed E-state index contributed by atoms with van der Waals surface area (Å²) in [6.07, 6.45) is -0.292. The van der Waals surface area contributed by atoms with Crippen molar-refractivity contribution in [3.05, 3.63) is 63.9 Å². The van der Waals surface area contributed by atoms with E-state index in [0.717, 1.165) is 5.75 Å². The third-order valence-corrected chi connectivity index (χ3v) is 6.03. The zero-order chi connectivity index (χ0) is 22.5. The molecule has 0 saturated carbocycles. The Morgan fingerprint density at radius 1 is 1.10 bits per heavy atom. The predicted molar refractivity (Wildman–Crippen MR) is 126 cm³/mol. The molecule has 1 N–H and O–H groups in total. The van der Waals surface area contributed by atoms with Crippen LogP contribution in [0.5, 0.6) is 5.75 Å². The van der Waals surface area contributed by atoms with E-state index in [-0.39, 0.29) is 17.8 Å². The summed E-state index contributed by atoms with van der Waals surface area (Å²) < 4.78 is 7.85. The molecule has 31 heavy (non-hydrogen) atoms. The van der Waals surface area contributed by atoms with Crippen LogP contribution in [-0.2, 0) is 11.8 Å². The Morgan fingerprint density at radius 2 is 1.74 bits per heavy atom. The van der Waals surface area contributed by atoms with Crippen molar-refractivity contribution >= 4 is 46.6 Å². The van der Waals surface area contributed by atoms with Crippen LogP contribution >= 0.6 is 35.0 Å². The second kappa shape index (κ2) is 10.4. The molecular formula is C22H24Cl2N4O2S. The molecule has 0 aliphatic heterocycles. The summed E-state index contributed by atoms with van der Waals surface area (Å²) in [4.78, 5) is 12.3. The molecule has 164 valence electrons. The second-order valence-corrected chi connectivity index (χ2v) is 9.19. The molecule has 3 aromatic rings. The minimum Gasteiger partial charge on any atom is -0.483 e. The van der Waals surface area contributed by atoms with Gasteiger partial charge in [0.05, 0.1) is 5.75 Å². The monoisotopic (exact) mass is 478 g/mol. The van der Waals surface area contributed by atoms with Gasteiger partial charge < -0.3 is 14.6 Å². The highest BCUT2D eigenvalue weighted by atomic mass is 35.5. The summed E-state index contributed by atoms with van der Waals surface area (Å²) in [5, 5.41) is 12.8. The first-order valence-corrected chi connectivity index (χ1v) is 11.5.